The zero-order valence-electron chi connectivity index (χ0n) is 11.7. The molecule has 0 aliphatic carbocycles. The van der Waals surface area contributed by atoms with Crippen LogP contribution in [-0.2, 0) is 4.74 Å². The van der Waals surface area contributed by atoms with E-state index in [0.717, 1.165) is 6.61 Å². The molecular formula is C13H28N2OS. The number of piperazine rings is 1. The van der Waals surface area contributed by atoms with Gasteiger partial charge in [-0.05, 0) is 45.9 Å². The molecule has 0 unspecified atom stereocenters. The first-order valence-electron chi connectivity index (χ1n) is 6.85. The predicted octanol–water partition coefficient (Wildman–Crippen LogP) is 2.48. The van der Waals surface area contributed by atoms with Crippen molar-refractivity contribution in [2.45, 2.75) is 39.2 Å². The molecule has 1 saturated heterocycles. The summed E-state index contributed by atoms with van der Waals surface area (Å²) in [4.78, 5) is 2.59. The Morgan fingerprint density at radius 1 is 1.06 bits per heavy atom. The zero-order chi connectivity index (χ0) is 12.5. The van der Waals surface area contributed by atoms with Gasteiger partial charge in [0.15, 0.2) is 0 Å². The van der Waals surface area contributed by atoms with E-state index < -0.39 is 0 Å². The molecule has 0 aromatic rings. The van der Waals surface area contributed by atoms with Crippen LogP contribution in [0.4, 0.5) is 0 Å². The third-order valence-corrected chi connectivity index (χ3v) is 4.04. The fraction of sp³-hybridized carbons (Fsp3) is 1.00. The highest BCUT2D eigenvalue weighted by molar-refractivity contribution is 7.96. The molecule has 17 heavy (non-hydrogen) atoms. The highest BCUT2D eigenvalue weighted by atomic mass is 32.2. The lowest BCUT2D eigenvalue weighted by molar-refractivity contribution is 0.0750. The smallest absolute Gasteiger partial charge is 0.0518 e. The van der Waals surface area contributed by atoms with Crippen LogP contribution in [0.1, 0.15) is 33.1 Å². The van der Waals surface area contributed by atoms with E-state index in [-0.39, 0.29) is 0 Å². The maximum Gasteiger partial charge on any atom is 0.0518 e. The maximum absolute atomic E-state index is 5.54. The van der Waals surface area contributed by atoms with Crippen LogP contribution in [0.2, 0.25) is 0 Å². The average Bonchev–Trinajstić information content (AvgIpc) is 2.34. The molecule has 1 heterocycles. The molecule has 102 valence electrons. The van der Waals surface area contributed by atoms with Crippen LogP contribution in [-0.4, -0.2) is 60.9 Å². The second-order valence-electron chi connectivity index (χ2n) is 4.93. The quantitative estimate of drug-likeness (QED) is 0.492. The number of hydrogen-bond acceptors (Lipinski definition) is 4. The third kappa shape index (κ3) is 7.29. The van der Waals surface area contributed by atoms with Crippen molar-refractivity contribution in [1.82, 2.24) is 9.21 Å². The van der Waals surface area contributed by atoms with Gasteiger partial charge < -0.3 is 9.64 Å². The highest BCUT2D eigenvalue weighted by Gasteiger charge is 2.14. The molecular weight excluding hydrogens is 232 g/mol. The topological polar surface area (TPSA) is 15.7 Å². The minimum absolute atomic E-state index is 0.384. The lowest BCUT2D eigenvalue weighted by Crippen LogP contribution is -2.43. The van der Waals surface area contributed by atoms with E-state index >= 15 is 0 Å². The first kappa shape index (κ1) is 15.3. The molecule has 0 atom stereocenters. The second kappa shape index (κ2) is 9.20. The van der Waals surface area contributed by atoms with Gasteiger partial charge in [-0.3, -0.25) is 0 Å². The molecule has 0 bridgehead atoms. The lowest BCUT2D eigenvalue weighted by atomic mass is 10.2. The van der Waals surface area contributed by atoms with Gasteiger partial charge in [0, 0.05) is 32.8 Å². The molecule has 0 aromatic carbocycles. The summed E-state index contributed by atoms with van der Waals surface area (Å²) in [5, 5.41) is 0. The predicted molar refractivity (Wildman–Crippen MR) is 76.5 cm³/mol. The fourth-order valence-corrected chi connectivity index (χ4v) is 2.60. The third-order valence-electron chi connectivity index (χ3n) is 3.16. The Morgan fingerprint density at radius 3 is 2.35 bits per heavy atom. The summed E-state index contributed by atoms with van der Waals surface area (Å²) in [6.07, 6.45) is 6.39. The Balaban J connectivity index is 1.90. The van der Waals surface area contributed by atoms with E-state index in [9.17, 15) is 0 Å². The van der Waals surface area contributed by atoms with E-state index in [0.29, 0.717) is 6.10 Å². The van der Waals surface area contributed by atoms with E-state index in [4.69, 9.17) is 4.74 Å². The van der Waals surface area contributed by atoms with Crippen LogP contribution in [0.15, 0.2) is 0 Å². The monoisotopic (exact) mass is 260 g/mol. The van der Waals surface area contributed by atoms with Gasteiger partial charge in [-0.2, -0.15) is 0 Å². The largest absolute Gasteiger partial charge is 0.379 e. The van der Waals surface area contributed by atoms with Crippen LogP contribution in [0.3, 0.4) is 0 Å². The van der Waals surface area contributed by atoms with Crippen LogP contribution in [0, 0.1) is 0 Å². The standard InChI is InChI=1S/C13H28N2OS/c1-13(2)16-12-6-4-5-7-14-8-10-15(17-3)11-9-14/h13H,4-12H2,1-3H3. The normalized spacial score (nSPS) is 19.1. The molecule has 0 spiro atoms. The van der Waals surface area contributed by atoms with Crippen molar-refractivity contribution in [2.24, 2.45) is 0 Å². The molecule has 0 radical (unpaired) electrons. The van der Waals surface area contributed by atoms with Crippen LogP contribution in [0.25, 0.3) is 0 Å². The number of unbranched alkanes of at least 4 members (excludes halogenated alkanes) is 2. The first-order valence-corrected chi connectivity index (χ1v) is 8.03. The summed E-state index contributed by atoms with van der Waals surface area (Å²) in [6.45, 7) is 11.3. The maximum atomic E-state index is 5.54. The Bertz CT molecular complexity index is 182. The van der Waals surface area contributed by atoms with Crippen molar-refractivity contribution in [3.63, 3.8) is 0 Å². The fourth-order valence-electron chi connectivity index (χ4n) is 2.07. The summed E-state index contributed by atoms with van der Waals surface area (Å²) >= 11 is 1.88. The summed E-state index contributed by atoms with van der Waals surface area (Å²) in [5.41, 5.74) is 0. The van der Waals surface area contributed by atoms with Crippen molar-refractivity contribution in [3.8, 4) is 0 Å². The highest BCUT2D eigenvalue weighted by Crippen LogP contribution is 2.10. The molecule has 3 nitrogen and oxygen atoms in total. The van der Waals surface area contributed by atoms with Crippen LogP contribution in [0.5, 0.6) is 0 Å². The summed E-state index contributed by atoms with van der Waals surface area (Å²) in [6, 6.07) is 0. The lowest BCUT2D eigenvalue weighted by Gasteiger charge is -2.33. The SMILES string of the molecule is CSN1CCN(CCCCCOC(C)C)CC1. The molecule has 0 aromatic heterocycles. The van der Waals surface area contributed by atoms with Crippen LogP contribution < -0.4 is 0 Å². The van der Waals surface area contributed by atoms with Gasteiger partial charge in [0.1, 0.15) is 0 Å². The summed E-state index contributed by atoms with van der Waals surface area (Å²) < 4.78 is 7.99. The van der Waals surface area contributed by atoms with Gasteiger partial charge in [-0.1, -0.05) is 11.9 Å². The van der Waals surface area contributed by atoms with Gasteiger partial charge in [-0.15, -0.1) is 0 Å². The van der Waals surface area contributed by atoms with Crippen molar-refractivity contribution in [1.29, 1.82) is 0 Å². The summed E-state index contributed by atoms with van der Waals surface area (Å²) in [5.74, 6) is 0. The van der Waals surface area contributed by atoms with Gasteiger partial charge >= 0.3 is 0 Å². The molecule has 1 aliphatic rings. The van der Waals surface area contributed by atoms with Crippen molar-refractivity contribution in [2.75, 3.05) is 45.6 Å². The Hall–Kier alpha value is 0.230. The Labute approximate surface area is 111 Å². The number of rotatable bonds is 8. The molecule has 4 heteroatoms. The number of nitrogens with zero attached hydrogens (tertiary/aromatic N) is 2. The average molecular weight is 260 g/mol. The van der Waals surface area contributed by atoms with Crippen molar-refractivity contribution >= 4 is 11.9 Å². The Kier molecular flexibility index (Phi) is 8.27. The van der Waals surface area contributed by atoms with Gasteiger partial charge in [0.2, 0.25) is 0 Å². The zero-order valence-corrected chi connectivity index (χ0v) is 12.5. The van der Waals surface area contributed by atoms with Crippen LogP contribution >= 0.6 is 11.9 Å². The van der Waals surface area contributed by atoms with Gasteiger partial charge in [0.05, 0.1) is 6.10 Å². The molecule has 0 saturated carbocycles. The molecule has 1 fully saturated rings. The minimum atomic E-state index is 0.384. The first-order chi connectivity index (χ1) is 8.22. The molecule has 0 amide bonds. The number of hydrogen-bond donors (Lipinski definition) is 0. The van der Waals surface area contributed by atoms with E-state index in [1.54, 1.807) is 0 Å². The molecule has 1 rings (SSSR count). The molecule has 1 aliphatic heterocycles. The second-order valence-corrected chi connectivity index (χ2v) is 5.81. The Morgan fingerprint density at radius 2 is 1.76 bits per heavy atom. The number of ether oxygens (including phenoxy) is 1. The van der Waals surface area contributed by atoms with Crippen molar-refractivity contribution in [3.05, 3.63) is 0 Å². The van der Waals surface area contributed by atoms with E-state index in [1.807, 2.05) is 11.9 Å². The van der Waals surface area contributed by atoms with E-state index in [1.165, 1.54) is 52.0 Å². The summed E-state index contributed by atoms with van der Waals surface area (Å²) in [7, 11) is 0. The minimum Gasteiger partial charge on any atom is -0.379 e. The van der Waals surface area contributed by atoms with Gasteiger partial charge in [0.25, 0.3) is 0 Å². The van der Waals surface area contributed by atoms with Gasteiger partial charge in [-0.25, -0.2) is 4.31 Å². The molecule has 0 N–H and O–H groups in total. The van der Waals surface area contributed by atoms with Crippen molar-refractivity contribution < 1.29 is 4.74 Å². The van der Waals surface area contributed by atoms with E-state index in [2.05, 4.69) is 29.3 Å².